The van der Waals surface area contributed by atoms with Gasteiger partial charge in [0.1, 0.15) is 0 Å². The highest BCUT2D eigenvalue weighted by atomic mass is 16.5. The maximum atomic E-state index is 11.7. The number of esters is 1. The van der Waals surface area contributed by atoms with Crippen molar-refractivity contribution in [3.05, 3.63) is 95.6 Å². The summed E-state index contributed by atoms with van der Waals surface area (Å²) >= 11 is 0. The number of ether oxygens (including phenoxy) is 1. The third kappa shape index (κ3) is 4.87. The highest BCUT2D eigenvalue weighted by Gasteiger charge is 2.41. The van der Waals surface area contributed by atoms with Crippen LogP contribution in [-0.4, -0.2) is 43.2 Å². The Labute approximate surface area is 196 Å². The molecule has 0 amide bonds. The normalized spacial score (nSPS) is 23.9. The summed E-state index contributed by atoms with van der Waals surface area (Å²) in [5.74, 6) is 0.473. The van der Waals surface area contributed by atoms with E-state index in [1.54, 1.807) is 0 Å². The fourth-order valence-electron chi connectivity index (χ4n) is 5.53. The Morgan fingerprint density at radius 2 is 1.52 bits per heavy atom. The average Bonchev–Trinajstić information content (AvgIpc) is 2.89. The summed E-state index contributed by atoms with van der Waals surface area (Å²) in [6.45, 7) is 3.39. The standard InChI is InChI=1S/C29H32N2O2/c1-33-29(32)26-13-11-24(12-14-26)23-9-7-21(8-10-23)19-27-28(25-15-17-31(27)18-16-25)30-20-22-5-3-2-4-6-22/h2-14,25,27-28,30H,15-20H2,1H3. The van der Waals surface area contributed by atoms with Gasteiger partial charge in [-0.25, -0.2) is 4.79 Å². The van der Waals surface area contributed by atoms with Crippen LogP contribution in [0.4, 0.5) is 0 Å². The van der Waals surface area contributed by atoms with E-state index in [0.29, 0.717) is 17.6 Å². The molecule has 1 N–H and O–H groups in total. The summed E-state index contributed by atoms with van der Waals surface area (Å²) < 4.78 is 4.79. The second kappa shape index (κ2) is 9.90. The molecule has 3 aromatic carbocycles. The molecule has 0 spiro atoms. The number of carbonyl (C=O) groups is 1. The van der Waals surface area contributed by atoms with Crippen LogP contribution in [0.5, 0.6) is 0 Å². The van der Waals surface area contributed by atoms with E-state index in [2.05, 4.69) is 64.8 Å². The lowest BCUT2D eigenvalue weighted by Crippen LogP contribution is -2.63. The van der Waals surface area contributed by atoms with Crippen molar-refractivity contribution in [2.45, 2.75) is 37.9 Å². The van der Waals surface area contributed by atoms with Crippen LogP contribution in [0.3, 0.4) is 0 Å². The molecule has 0 radical (unpaired) electrons. The molecule has 0 saturated carbocycles. The van der Waals surface area contributed by atoms with Crippen molar-refractivity contribution in [2.75, 3.05) is 20.2 Å². The van der Waals surface area contributed by atoms with E-state index in [1.165, 1.54) is 49.7 Å². The highest BCUT2D eigenvalue weighted by molar-refractivity contribution is 5.89. The summed E-state index contributed by atoms with van der Waals surface area (Å²) in [6, 6.07) is 28.4. The van der Waals surface area contributed by atoms with Crippen molar-refractivity contribution in [2.24, 2.45) is 5.92 Å². The summed E-state index contributed by atoms with van der Waals surface area (Å²) in [5, 5.41) is 3.92. The van der Waals surface area contributed by atoms with Crippen LogP contribution in [-0.2, 0) is 17.7 Å². The van der Waals surface area contributed by atoms with E-state index < -0.39 is 0 Å². The van der Waals surface area contributed by atoms with Gasteiger partial charge in [0.2, 0.25) is 0 Å². The Balaban J connectivity index is 1.27. The summed E-state index contributed by atoms with van der Waals surface area (Å²) in [6.07, 6.45) is 3.69. The first-order valence-corrected chi connectivity index (χ1v) is 12.0. The second-order valence-corrected chi connectivity index (χ2v) is 9.30. The van der Waals surface area contributed by atoms with Crippen LogP contribution < -0.4 is 5.32 Å². The van der Waals surface area contributed by atoms with Crippen molar-refractivity contribution in [1.29, 1.82) is 0 Å². The zero-order valence-corrected chi connectivity index (χ0v) is 19.2. The number of hydrogen-bond donors (Lipinski definition) is 1. The summed E-state index contributed by atoms with van der Waals surface area (Å²) in [5.41, 5.74) is 5.59. The van der Waals surface area contributed by atoms with Gasteiger partial charge in [-0.1, -0.05) is 66.7 Å². The maximum Gasteiger partial charge on any atom is 0.337 e. The smallest absolute Gasteiger partial charge is 0.337 e. The van der Waals surface area contributed by atoms with Crippen molar-refractivity contribution >= 4 is 5.97 Å². The third-order valence-corrected chi connectivity index (χ3v) is 7.39. The quantitative estimate of drug-likeness (QED) is 0.529. The molecule has 170 valence electrons. The van der Waals surface area contributed by atoms with E-state index in [4.69, 9.17) is 4.74 Å². The number of fused-ring (bicyclic) bond motifs is 3. The van der Waals surface area contributed by atoms with Crippen molar-refractivity contribution in [1.82, 2.24) is 10.2 Å². The van der Waals surface area contributed by atoms with E-state index >= 15 is 0 Å². The minimum Gasteiger partial charge on any atom is -0.465 e. The lowest BCUT2D eigenvalue weighted by molar-refractivity contribution is 0.0127. The number of benzene rings is 3. The molecule has 33 heavy (non-hydrogen) atoms. The molecule has 3 aliphatic rings. The van der Waals surface area contributed by atoms with Crippen LogP contribution in [0, 0.1) is 5.92 Å². The number of nitrogens with one attached hydrogen (secondary N) is 1. The fraction of sp³-hybridized carbons (Fsp3) is 0.345. The molecule has 0 aromatic heterocycles. The van der Waals surface area contributed by atoms with Gasteiger partial charge in [0, 0.05) is 18.6 Å². The van der Waals surface area contributed by atoms with Gasteiger partial charge in [-0.15, -0.1) is 0 Å². The molecule has 0 aliphatic carbocycles. The topological polar surface area (TPSA) is 41.6 Å². The van der Waals surface area contributed by atoms with Crippen LogP contribution in [0.25, 0.3) is 11.1 Å². The molecule has 2 bridgehead atoms. The summed E-state index contributed by atoms with van der Waals surface area (Å²) in [4.78, 5) is 14.4. The molecule has 3 fully saturated rings. The van der Waals surface area contributed by atoms with E-state index in [-0.39, 0.29) is 5.97 Å². The molecular formula is C29H32N2O2. The fourth-order valence-corrected chi connectivity index (χ4v) is 5.53. The summed E-state index contributed by atoms with van der Waals surface area (Å²) in [7, 11) is 1.41. The molecule has 3 aromatic rings. The van der Waals surface area contributed by atoms with Crippen molar-refractivity contribution < 1.29 is 9.53 Å². The number of carbonyl (C=O) groups excluding carboxylic acids is 1. The Morgan fingerprint density at radius 1 is 0.879 bits per heavy atom. The largest absolute Gasteiger partial charge is 0.465 e. The molecule has 3 saturated heterocycles. The van der Waals surface area contributed by atoms with Gasteiger partial charge in [0.05, 0.1) is 12.7 Å². The van der Waals surface area contributed by atoms with Crippen LogP contribution in [0.1, 0.15) is 34.3 Å². The molecular weight excluding hydrogens is 408 g/mol. The van der Waals surface area contributed by atoms with Gasteiger partial charge in [-0.3, -0.25) is 4.90 Å². The highest BCUT2D eigenvalue weighted by Crippen LogP contribution is 2.34. The first kappa shape index (κ1) is 21.9. The maximum absolute atomic E-state index is 11.7. The van der Waals surface area contributed by atoms with E-state index in [1.807, 2.05) is 24.3 Å². The van der Waals surface area contributed by atoms with Crippen molar-refractivity contribution in [3.63, 3.8) is 0 Å². The molecule has 4 heteroatoms. The third-order valence-electron chi connectivity index (χ3n) is 7.39. The molecule has 6 rings (SSSR count). The van der Waals surface area contributed by atoms with Gasteiger partial charge >= 0.3 is 5.97 Å². The lowest BCUT2D eigenvalue weighted by atomic mass is 9.76. The Bertz CT molecular complexity index is 1060. The number of piperidine rings is 3. The monoisotopic (exact) mass is 440 g/mol. The van der Waals surface area contributed by atoms with Gasteiger partial charge in [-0.2, -0.15) is 0 Å². The Morgan fingerprint density at radius 3 is 2.15 bits per heavy atom. The van der Waals surface area contributed by atoms with Gasteiger partial charge < -0.3 is 10.1 Å². The number of rotatable bonds is 7. The second-order valence-electron chi connectivity index (χ2n) is 9.30. The SMILES string of the molecule is COC(=O)c1ccc(-c2ccc(CC3C(NCc4ccccc4)C4CCN3CC4)cc2)cc1. The zero-order valence-electron chi connectivity index (χ0n) is 19.2. The van der Waals surface area contributed by atoms with Gasteiger partial charge in [-0.05, 0) is 72.7 Å². The first-order valence-electron chi connectivity index (χ1n) is 12.0. The molecule has 3 heterocycles. The number of methoxy groups -OCH3 is 1. The predicted molar refractivity (Wildman–Crippen MR) is 132 cm³/mol. The van der Waals surface area contributed by atoms with Crippen LogP contribution in [0.15, 0.2) is 78.9 Å². The molecule has 3 aliphatic heterocycles. The molecule has 2 unspecified atom stereocenters. The van der Waals surface area contributed by atoms with E-state index in [0.717, 1.165) is 24.4 Å². The Kier molecular flexibility index (Phi) is 6.56. The molecule has 2 atom stereocenters. The number of nitrogens with zero attached hydrogens (tertiary/aromatic N) is 1. The minimum absolute atomic E-state index is 0.302. The van der Waals surface area contributed by atoms with Gasteiger partial charge in [0.25, 0.3) is 0 Å². The zero-order chi connectivity index (χ0) is 22.6. The van der Waals surface area contributed by atoms with Crippen LogP contribution >= 0.6 is 0 Å². The van der Waals surface area contributed by atoms with Crippen molar-refractivity contribution in [3.8, 4) is 11.1 Å². The number of hydrogen-bond acceptors (Lipinski definition) is 4. The predicted octanol–water partition coefficient (Wildman–Crippen LogP) is 4.94. The minimum atomic E-state index is -0.302. The van der Waals surface area contributed by atoms with Crippen LogP contribution in [0.2, 0.25) is 0 Å². The average molecular weight is 441 g/mol. The first-order chi connectivity index (χ1) is 16.2. The van der Waals surface area contributed by atoms with Gasteiger partial charge in [0.15, 0.2) is 0 Å². The van der Waals surface area contributed by atoms with E-state index in [9.17, 15) is 4.79 Å². The molecule has 4 nitrogen and oxygen atoms in total. The Hall–Kier alpha value is -2.95. The lowest BCUT2D eigenvalue weighted by Gasteiger charge is -2.51.